The Morgan fingerprint density at radius 3 is 2.51 bits per heavy atom. The Labute approximate surface area is 210 Å². The van der Waals surface area contributed by atoms with Crippen LogP contribution in [0.2, 0.25) is 5.02 Å². The lowest BCUT2D eigenvalue weighted by molar-refractivity contribution is -0.137. The van der Waals surface area contributed by atoms with E-state index < -0.39 is 11.7 Å². The highest BCUT2D eigenvalue weighted by molar-refractivity contribution is 6.33. The van der Waals surface area contributed by atoms with Crippen LogP contribution in [0.4, 0.5) is 0 Å². The number of aromatic hydroxyl groups is 2. The van der Waals surface area contributed by atoms with Crippen LogP contribution < -0.4 is 0 Å². The zero-order valence-corrected chi connectivity index (χ0v) is 20.7. The van der Waals surface area contributed by atoms with Crippen LogP contribution in [0.25, 0.3) is 0 Å². The SMILES string of the molecule is CO.O=C1OCC/C=C/CC/C=C/C(=N\OCC(=O)N2CCCCC2)Cc2c(Cl)c(O)cc(O)c21. The zero-order valence-electron chi connectivity index (χ0n) is 19.9. The second-order valence-corrected chi connectivity index (χ2v) is 8.31. The van der Waals surface area contributed by atoms with Crippen LogP contribution in [0.3, 0.4) is 0 Å². The van der Waals surface area contributed by atoms with Gasteiger partial charge in [-0.3, -0.25) is 4.79 Å². The van der Waals surface area contributed by atoms with Crippen molar-refractivity contribution < 1.29 is 34.5 Å². The predicted octanol–water partition coefficient (Wildman–Crippen LogP) is 3.74. The number of benzene rings is 1. The van der Waals surface area contributed by atoms with Crippen LogP contribution in [0.1, 0.15) is 54.4 Å². The monoisotopic (exact) mass is 508 g/mol. The van der Waals surface area contributed by atoms with Gasteiger partial charge in [-0.25, -0.2) is 4.79 Å². The van der Waals surface area contributed by atoms with Crippen LogP contribution in [0, 0.1) is 0 Å². The van der Waals surface area contributed by atoms with Gasteiger partial charge in [0.25, 0.3) is 5.91 Å². The molecule has 10 heteroatoms. The average molecular weight is 509 g/mol. The van der Waals surface area contributed by atoms with Gasteiger partial charge in [-0.15, -0.1) is 0 Å². The number of hydrogen-bond donors (Lipinski definition) is 3. The maximum atomic E-state index is 12.7. The molecule has 1 saturated heterocycles. The first-order valence-corrected chi connectivity index (χ1v) is 12.0. The van der Waals surface area contributed by atoms with Gasteiger partial charge in [-0.05, 0) is 50.2 Å². The number of carbonyl (C=O) groups excluding carboxylic acids is 2. The summed E-state index contributed by atoms with van der Waals surface area (Å²) in [4.78, 5) is 32.1. The molecule has 0 bridgehead atoms. The van der Waals surface area contributed by atoms with E-state index >= 15 is 0 Å². The van der Waals surface area contributed by atoms with Crippen LogP contribution in [0.5, 0.6) is 11.5 Å². The van der Waals surface area contributed by atoms with Crippen LogP contribution in [0.15, 0.2) is 35.5 Å². The molecule has 0 aliphatic carbocycles. The van der Waals surface area contributed by atoms with E-state index in [9.17, 15) is 19.8 Å². The Hall–Kier alpha value is -3.04. The summed E-state index contributed by atoms with van der Waals surface area (Å²) in [6, 6.07) is 1.01. The van der Waals surface area contributed by atoms with Crippen molar-refractivity contribution in [3.8, 4) is 11.5 Å². The van der Waals surface area contributed by atoms with E-state index in [1.165, 1.54) is 0 Å². The number of cyclic esters (lactones) is 1. The molecule has 3 rings (SSSR count). The maximum absolute atomic E-state index is 12.7. The zero-order chi connectivity index (χ0) is 25.6. The highest BCUT2D eigenvalue weighted by Gasteiger charge is 2.24. The molecule has 0 atom stereocenters. The van der Waals surface area contributed by atoms with Crippen molar-refractivity contribution in [2.75, 3.05) is 33.4 Å². The molecule has 0 unspecified atom stereocenters. The van der Waals surface area contributed by atoms with Crippen molar-refractivity contribution in [1.29, 1.82) is 0 Å². The number of oxime groups is 1. The molecule has 0 saturated carbocycles. The molecule has 35 heavy (non-hydrogen) atoms. The molecule has 9 nitrogen and oxygen atoms in total. The van der Waals surface area contributed by atoms with E-state index in [4.69, 9.17) is 26.3 Å². The highest BCUT2D eigenvalue weighted by Crippen LogP contribution is 2.37. The van der Waals surface area contributed by atoms with E-state index in [-0.39, 0.29) is 47.4 Å². The quantitative estimate of drug-likeness (QED) is 0.322. The molecule has 1 fully saturated rings. The third kappa shape index (κ3) is 8.60. The number of phenols is 2. The van der Waals surface area contributed by atoms with Gasteiger partial charge in [0.05, 0.1) is 17.3 Å². The number of halogens is 1. The minimum absolute atomic E-state index is 0.0184. The number of hydrogen-bond acceptors (Lipinski definition) is 8. The smallest absolute Gasteiger partial charge is 0.342 e. The normalized spacial score (nSPS) is 19.9. The fraction of sp³-hybridized carbons (Fsp3) is 0.480. The summed E-state index contributed by atoms with van der Waals surface area (Å²) in [5, 5.41) is 31.5. The van der Waals surface area contributed by atoms with Gasteiger partial charge in [-0.1, -0.05) is 35.0 Å². The fourth-order valence-electron chi connectivity index (χ4n) is 3.72. The number of fused-ring (bicyclic) bond motifs is 1. The molecular formula is C25H33ClN2O7. The number of phenolic OH excluding ortho intramolecular Hbond substituents is 2. The molecule has 3 N–H and O–H groups in total. The number of aliphatic hydroxyl groups is 1. The molecule has 2 aliphatic rings. The number of aliphatic hydroxyl groups excluding tert-OH is 1. The van der Waals surface area contributed by atoms with Gasteiger partial charge in [0.2, 0.25) is 0 Å². The van der Waals surface area contributed by atoms with Crippen LogP contribution in [-0.4, -0.2) is 71.2 Å². The number of amides is 1. The summed E-state index contributed by atoms with van der Waals surface area (Å²) in [5.41, 5.74) is 0.411. The number of nitrogens with zero attached hydrogens (tertiary/aromatic N) is 2. The minimum atomic E-state index is -0.751. The van der Waals surface area contributed by atoms with Crippen molar-refractivity contribution in [2.24, 2.45) is 5.16 Å². The first kappa shape index (κ1) is 28.2. The number of esters is 1. The van der Waals surface area contributed by atoms with Gasteiger partial charge in [0.15, 0.2) is 6.61 Å². The summed E-state index contributed by atoms with van der Waals surface area (Å²) in [6.45, 7) is 1.38. The lowest BCUT2D eigenvalue weighted by Crippen LogP contribution is -2.37. The lowest BCUT2D eigenvalue weighted by Gasteiger charge is -2.26. The Morgan fingerprint density at radius 1 is 1.09 bits per heavy atom. The van der Waals surface area contributed by atoms with E-state index in [2.05, 4.69) is 5.16 Å². The maximum Gasteiger partial charge on any atom is 0.342 e. The Bertz CT molecular complexity index is 954. The lowest BCUT2D eigenvalue weighted by atomic mass is 9.99. The minimum Gasteiger partial charge on any atom is -0.507 e. The second-order valence-electron chi connectivity index (χ2n) is 7.93. The van der Waals surface area contributed by atoms with Crippen molar-refractivity contribution in [1.82, 2.24) is 4.90 Å². The van der Waals surface area contributed by atoms with Gasteiger partial charge in [-0.2, -0.15) is 0 Å². The van der Waals surface area contributed by atoms with Crippen LogP contribution in [-0.2, 0) is 20.8 Å². The third-order valence-electron chi connectivity index (χ3n) is 5.46. The third-order valence-corrected chi connectivity index (χ3v) is 5.88. The molecule has 2 aliphatic heterocycles. The molecule has 0 radical (unpaired) electrons. The standard InChI is InChI=1S/C24H29ClN2O6.CH4O/c25-23-18-14-17(26-33-16-21(30)27-11-7-5-8-12-27)10-6-3-1-2-4-9-13-32-24(31)22(18)19(28)15-20(23)29;1-2/h2,4,6,10,15,28-29H,1,3,5,7-9,11-14,16H2;2H,1H3/b4-2+,10-6+,26-17+;. The van der Waals surface area contributed by atoms with Crippen molar-refractivity contribution in [3.63, 3.8) is 0 Å². The molecule has 1 amide bonds. The molecule has 1 aromatic carbocycles. The number of ether oxygens (including phenoxy) is 1. The Balaban J connectivity index is 0.00000210. The predicted molar refractivity (Wildman–Crippen MR) is 133 cm³/mol. The molecule has 1 aromatic rings. The molecule has 192 valence electrons. The highest BCUT2D eigenvalue weighted by atomic mass is 35.5. The average Bonchev–Trinajstić information content (AvgIpc) is 2.87. The summed E-state index contributed by atoms with van der Waals surface area (Å²) in [7, 11) is 1.00. The van der Waals surface area contributed by atoms with E-state index in [0.29, 0.717) is 12.1 Å². The van der Waals surface area contributed by atoms with Gasteiger partial charge in [0.1, 0.15) is 17.1 Å². The first-order valence-electron chi connectivity index (χ1n) is 11.6. The van der Waals surface area contributed by atoms with Crippen molar-refractivity contribution in [2.45, 2.75) is 44.9 Å². The topological polar surface area (TPSA) is 129 Å². The fourth-order valence-corrected chi connectivity index (χ4v) is 3.94. The molecule has 0 spiro atoms. The Kier molecular flexibility index (Phi) is 12.1. The number of likely N-dealkylation sites (tertiary alicyclic amines) is 1. The largest absolute Gasteiger partial charge is 0.507 e. The summed E-state index contributed by atoms with van der Waals surface area (Å²) in [6.07, 6.45) is 12.7. The van der Waals surface area contributed by atoms with Gasteiger partial charge < -0.3 is 29.8 Å². The Morgan fingerprint density at radius 2 is 1.77 bits per heavy atom. The number of rotatable bonds is 3. The van der Waals surface area contributed by atoms with Crippen molar-refractivity contribution >= 4 is 29.2 Å². The second kappa shape index (κ2) is 15.1. The first-order chi connectivity index (χ1) is 17.0. The summed E-state index contributed by atoms with van der Waals surface area (Å²) >= 11 is 6.29. The van der Waals surface area contributed by atoms with E-state index in [1.54, 1.807) is 11.0 Å². The van der Waals surface area contributed by atoms with Gasteiger partial charge >= 0.3 is 5.97 Å². The molecular weight excluding hydrogens is 476 g/mol. The molecule has 2 heterocycles. The van der Waals surface area contributed by atoms with Gasteiger partial charge in [0, 0.05) is 32.7 Å². The summed E-state index contributed by atoms with van der Waals surface area (Å²) in [5.74, 6) is -1.69. The molecule has 0 aromatic heterocycles. The summed E-state index contributed by atoms with van der Waals surface area (Å²) < 4.78 is 5.27. The van der Waals surface area contributed by atoms with Crippen molar-refractivity contribution in [3.05, 3.63) is 46.5 Å². The van der Waals surface area contributed by atoms with E-state index in [0.717, 1.165) is 58.4 Å². The number of piperidine rings is 1. The number of carbonyl (C=O) groups is 2. The van der Waals surface area contributed by atoms with Crippen LogP contribution >= 0.6 is 11.6 Å². The van der Waals surface area contributed by atoms with E-state index in [1.807, 2.05) is 18.2 Å². The number of allylic oxidation sites excluding steroid dienone is 3.